The zero-order valence-electron chi connectivity index (χ0n) is 17.8. The third-order valence-electron chi connectivity index (χ3n) is 4.76. The van der Waals surface area contributed by atoms with E-state index in [2.05, 4.69) is 5.32 Å². The van der Waals surface area contributed by atoms with Crippen LogP contribution in [0.4, 0.5) is 5.69 Å². The van der Waals surface area contributed by atoms with Gasteiger partial charge in [-0.3, -0.25) is 9.59 Å². The first kappa shape index (κ1) is 22.2. The molecule has 0 aliphatic rings. The highest BCUT2D eigenvalue weighted by Crippen LogP contribution is 2.20. The van der Waals surface area contributed by atoms with Gasteiger partial charge in [0.25, 0.3) is 5.91 Å². The molecule has 0 aliphatic heterocycles. The average molecular weight is 400 g/mol. The summed E-state index contributed by atoms with van der Waals surface area (Å²) in [6.07, 6.45) is -0.956. The van der Waals surface area contributed by atoms with E-state index in [4.69, 9.17) is 9.47 Å². The van der Waals surface area contributed by atoms with Crippen molar-refractivity contribution < 1.29 is 23.9 Å². The minimum atomic E-state index is -0.956. The van der Waals surface area contributed by atoms with Crippen molar-refractivity contribution in [2.24, 2.45) is 0 Å². The molecule has 0 saturated heterocycles. The Hall–Kier alpha value is -3.09. The van der Waals surface area contributed by atoms with Gasteiger partial charge in [-0.2, -0.15) is 0 Å². The molecule has 0 unspecified atom stereocenters. The fraction of sp³-hybridized carbons (Fsp3) is 0.409. The summed E-state index contributed by atoms with van der Waals surface area (Å²) in [5.41, 5.74) is 4.35. The lowest BCUT2D eigenvalue weighted by Crippen LogP contribution is -2.31. The van der Waals surface area contributed by atoms with E-state index >= 15 is 0 Å². The second kappa shape index (κ2) is 9.41. The molecule has 156 valence electrons. The lowest BCUT2D eigenvalue weighted by atomic mass is 10.1. The highest BCUT2D eigenvalue weighted by atomic mass is 16.5. The zero-order chi connectivity index (χ0) is 21.7. The number of amides is 1. The predicted molar refractivity (Wildman–Crippen MR) is 110 cm³/mol. The number of nitrogens with one attached hydrogen (secondary N) is 1. The third kappa shape index (κ3) is 5.25. The molecule has 0 aliphatic carbocycles. The van der Waals surface area contributed by atoms with E-state index in [0.29, 0.717) is 11.3 Å². The van der Waals surface area contributed by atoms with Crippen LogP contribution in [0.25, 0.3) is 0 Å². The first-order valence-electron chi connectivity index (χ1n) is 9.56. The molecule has 1 heterocycles. The topological polar surface area (TPSA) is 86.6 Å². The van der Waals surface area contributed by atoms with E-state index in [1.54, 1.807) is 31.4 Å². The second-order valence-electron chi connectivity index (χ2n) is 6.98. The summed E-state index contributed by atoms with van der Waals surface area (Å²) in [7, 11) is 0. The van der Waals surface area contributed by atoms with Gasteiger partial charge in [0.05, 0.1) is 12.2 Å². The maximum atomic E-state index is 12.4. The molecule has 7 heteroatoms. The normalized spacial score (nSPS) is 11.7. The summed E-state index contributed by atoms with van der Waals surface area (Å²) in [5, 5.41) is 2.82. The van der Waals surface area contributed by atoms with Crippen molar-refractivity contribution in [2.75, 3.05) is 11.9 Å². The van der Waals surface area contributed by atoms with Crippen LogP contribution in [0.5, 0.6) is 0 Å². The van der Waals surface area contributed by atoms with Crippen LogP contribution in [-0.4, -0.2) is 35.1 Å². The number of anilines is 1. The van der Waals surface area contributed by atoms with E-state index in [9.17, 15) is 14.4 Å². The van der Waals surface area contributed by atoms with Crippen molar-refractivity contribution in [3.63, 3.8) is 0 Å². The number of aryl methyl sites for hydroxylation is 3. The largest absolute Gasteiger partial charge is 0.462 e. The minimum Gasteiger partial charge on any atom is -0.462 e. The minimum absolute atomic E-state index is 0.0991. The summed E-state index contributed by atoms with van der Waals surface area (Å²) >= 11 is 0. The summed E-state index contributed by atoms with van der Waals surface area (Å²) in [5.74, 6) is -1.39. The van der Waals surface area contributed by atoms with Crippen LogP contribution in [0.2, 0.25) is 0 Å². The highest BCUT2D eigenvalue weighted by Gasteiger charge is 2.22. The molecule has 0 saturated carbocycles. The number of benzene rings is 1. The van der Waals surface area contributed by atoms with E-state index in [0.717, 1.165) is 22.5 Å². The molecule has 7 nitrogen and oxygen atoms in total. The smallest absolute Gasteiger partial charge is 0.339 e. The van der Waals surface area contributed by atoms with E-state index < -0.39 is 23.9 Å². The highest BCUT2D eigenvalue weighted by molar-refractivity contribution is 5.96. The summed E-state index contributed by atoms with van der Waals surface area (Å²) < 4.78 is 12.0. The van der Waals surface area contributed by atoms with Crippen LogP contribution in [0.1, 0.15) is 46.7 Å². The Kier molecular flexibility index (Phi) is 7.20. The molecule has 1 N–H and O–H groups in total. The monoisotopic (exact) mass is 400 g/mol. The number of aromatic nitrogens is 1. The van der Waals surface area contributed by atoms with E-state index in [-0.39, 0.29) is 13.2 Å². The molecule has 1 aromatic carbocycles. The van der Waals surface area contributed by atoms with Crippen LogP contribution in [-0.2, 0) is 25.6 Å². The lowest BCUT2D eigenvalue weighted by molar-refractivity contribution is -0.153. The van der Waals surface area contributed by atoms with Crippen molar-refractivity contribution >= 4 is 23.5 Å². The van der Waals surface area contributed by atoms with Gasteiger partial charge in [0.15, 0.2) is 6.10 Å². The number of para-hydroxylation sites is 1. The average Bonchev–Trinajstić information content (AvgIpc) is 2.93. The fourth-order valence-electron chi connectivity index (χ4n) is 3.11. The first-order valence-corrected chi connectivity index (χ1v) is 9.56. The van der Waals surface area contributed by atoms with Gasteiger partial charge in [0.2, 0.25) is 0 Å². The molecule has 1 atom stereocenters. The predicted octanol–water partition coefficient (Wildman–Crippen LogP) is 3.47. The molecule has 2 rings (SSSR count). The Labute approximate surface area is 171 Å². The van der Waals surface area contributed by atoms with Crippen LogP contribution in [0.3, 0.4) is 0 Å². The van der Waals surface area contributed by atoms with E-state index in [1.807, 2.05) is 32.0 Å². The Balaban J connectivity index is 2.03. The number of hydrogen-bond donors (Lipinski definition) is 1. The van der Waals surface area contributed by atoms with Crippen LogP contribution >= 0.6 is 0 Å². The summed E-state index contributed by atoms with van der Waals surface area (Å²) in [6.45, 7) is 10.8. The van der Waals surface area contributed by atoms with Crippen molar-refractivity contribution in [1.29, 1.82) is 0 Å². The molecule has 29 heavy (non-hydrogen) atoms. The Morgan fingerprint density at radius 1 is 1.10 bits per heavy atom. The van der Waals surface area contributed by atoms with Gasteiger partial charge in [-0.15, -0.1) is 0 Å². The van der Waals surface area contributed by atoms with Crippen LogP contribution < -0.4 is 5.32 Å². The second-order valence-corrected chi connectivity index (χ2v) is 6.98. The number of ether oxygens (including phenoxy) is 2. The molecule has 0 bridgehead atoms. The van der Waals surface area contributed by atoms with Crippen molar-refractivity contribution in [3.05, 3.63) is 52.3 Å². The molecular weight excluding hydrogens is 372 g/mol. The fourth-order valence-corrected chi connectivity index (χ4v) is 3.11. The Morgan fingerprint density at radius 3 is 2.31 bits per heavy atom. The number of esters is 2. The first-order chi connectivity index (χ1) is 13.6. The van der Waals surface area contributed by atoms with Crippen LogP contribution in [0, 0.1) is 27.7 Å². The lowest BCUT2D eigenvalue weighted by Gasteiger charge is -2.17. The molecule has 0 spiro atoms. The number of nitrogens with zero attached hydrogens (tertiary/aromatic N) is 1. The van der Waals surface area contributed by atoms with Gasteiger partial charge in [0, 0.05) is 17.1 Å². The van der Waals surface area contributed by atoms with Crippen molar-refractivity contribution in [3.8, 4) is 0 Å². The quantitative estimate of drug-likeness (QED) is 0.719. The third-order valence-corrected chi connectivity index (χ3v) is 4.76. The van der Waals surface area contributed by atoms with E-state index in [1.165, 1.54) is 6.92 Å². The number of hydrogen-bond acceptors (Lipinski definition) is 5. The van der Waals surface area contributed by atoms with Crippen molar-refractivity contribution in [1.82, 2.24) is 4.57 Å². The molecule has 0 fully saturated rings. The van der Waals surface area contributed by atoms with Gasteiger partial charge in [0.1, 0.15) is 6.54 Å². The molecule has 2 aromatic rings. The standard InChI is InChI=1S/C22H28N2O5/c1-7-28-22(27)18-11-15(4)24(16(18)5)12-19(25)29-17(6)21(26)23-20-13(2)9-8-10-14(20)3/h8-11,17H,7,12H2,1-6H3,(H,23,26)/t17-/m0/s1. The van der Waals surface area contributed by atoms with Gasteiger partial charge in [-0.1, -0.05) is 18.2 Å². The molecule has 1 amide bonds. The maximum absolute atomic E-state index is 12.4. The summed E-state index contributed by atoms with van der Waals surface area (Å²) in [4.78, 5) is 36.8. The molecule has 0 radical (unpaired) electrons. The SMILES string of the molecule is CCOC(=O)c1cc(C)n(CC(=O)O[C@@H](C)C(=O)Nc2c(C)cccc2C)c1C. The Bertz CT molecular complexity index is 909. The Morgan fingerprint density at radius 2 is 1.72 bits per heavy atom. The zero-order valence-corrected chi connectivity index (χ0v) is 17.8. The summed E-state index contributed by atoms with van der Waals surface area (Å²) in [6, 6.07) is 7.39. The van der Waals surface area contributed by atoms with Gasteiger partial charge < -0.3 is 19.4 Å². The number of carbonyl (C=O) groups is 3. The van der Waals surface area contributed by atoms with Gasteiger partial charge in [-0.05, 0) is 58.7 Å². The van der Waals surface area contributed by atoms with Gasteiger partial charge in [-0.25, -0.2) is 4.79 Å². The number of rotatable bonds is 7. The molecule has 1 aromatic heterocycles. The number of carbonyl (C=O) groups excluding carboxylic acids is 3. The maximum Gasteiger partial charge on any atom is 0.339 e. The van der Waals surface area contributed by atoms with Gasteiger partial charge >= 0.3 is 11.9 Å². The van der Waals surface area contributed by atoms with Crippen molar-refractivity contribution in [2.45, 2.75) is 54.2 Å². The molecular formula is C22H28N2O5. The van der Waals surface area contributed by atoms with Crippen LogP contribution in [0.15, 0.2) is 24.3 Å².